The molecule has 7 heteroatoms. The van der Waals surface area contributed by atoms with Crippen LogP contribution in [0.3, 0.4) is 0 Å². The Labute approximate surface area is 179 Å². The van der Waals surface area contributed by atoms with Crippen LogP contribution < -0.4 is 15.0 Å². The summed E-state index contributed by atoms with van der Waals surface area (Å²) in [6.45, 7) is 7.77. The highest BCUT2D eigenvalue weighted by molar-refractivity contribution is 7.16. The summed E-state index contributed by atoms with van der Waals surface area (Å²) in [4.78, 5) is 31.2. The van der Waals surface area contributed by atoms with Gasteiger partial charge in [0.1, 0.15) is 0 Å². The molecule has 1 heterocycles. The zero-order valence-corrected chi connectivity index (χ0v) is 18.1. The number of benzene rings is 2. The Bertz CT molecular complexity index is 1180. The quantitative estimate of drug-likeness (QED) is 0.616. The third kappa shape index (κ3) is 4.61. The van der Waals surface area contributed by atoms with E-state index in [2.05, 4.69) is 35.0 Å². The van der Waals surface area contributed by atoms with Crippen molar-refractivity contribution in [2.45, 2.75) is 27.3 Å². The van der Waals surface area contributed by atoms with Gasteiger partial charge in [-0.1, -0.05) is 17.3 Å². The summed E-state index contributed by atoms with van der Waals surface area (Å²) >= 11 is 1.36. The molecule has 0 atom stereocenters. The number of fused-ring (bicyclic) bond motifs is 1. The van der Waals surface area contributed by atoms with E-state index in [4.69, 9.17) is 6.42 Å². The van der Waals surface area contributed by atoms with E-state index in [1.165, 1.54) is 18.3 Å². The Morgan fingerprint density at radius 3 is 2.47 bits per heavy atom. The number of aromatic nitrogens is 1. The van der Waals surface area contributed by atoms with Crippen molar-refractivity contribution < 1.29 is 9.59 Å². The van der Waals surface area contributed by atoms with E-state index in [-0.39, 0.29) is 11.8 Å². The summed E-state index contributed by atoms with van der Waals surface area (Å²) in [6.07, 6.45) is 5.53. The molecule has 0 aliphatic rings. The first-order chi connectivity index (χ1) is 14.5. The zero-order chi connectivity index (χ0) is 21.7. The lowest BCUT2D eigenvalue weighted by Crippen LogP contribution is -2.21. The topological polar surface area (TPSA) is 66.7 Å². The zero-order valence-electron chi connectivity index (χ0n) is 17.3. The number of thiazole rings is 1. The number of amides is 2. The van der Waals surface area contributed by atoms with Crippen LogP contribution in [0.5, 0.6) is 0 Å². The molecule has 3 rings (SSSR count). The summed E-state index contributed by atoms with van der Waals surface area (Å²) in [5.74, 6) is 2.16. The molecule has 0 aliphatic heterocycles. The predicted octanol–water partition coefficient (Wildman–Crippen LogP) is 3.88. The molecule has 0 unspecified atom stereocenters. The largest absolute Gasteiger partial charge is 0.372 e. The number of hydrogen-bond acceptors (Lipinski definition) is 4. The molecule has 0 fully saturated rings. The van der Waals surface area contributed by atoms with Crippen LogP contribution in [-0.2, 0) is 11.3 Å². The Morgan fingerprint density at radius 2 is 1.87 bits per heavy atom. The van der Waals surface area contributed by atoms with Crippen molar-refractivity contribution >= 4 is 44.7 Å². The normalized spacial score (nSPS) is 11.3. The number of nitrogens with zero attached hydrogens (tertiary/aromatic N) is 3. The van der Waals surface area contributed by atoms with Crippen LogP contribution in [0.2, 0.25) is 0 Å². The molecule has 2 aromatic carbocycles. The minimum atomic E-state index is -0.319. The lowest BCUT2D eigenvalue weighted by atomic mass is 10.2. The molecule has 154 valence electrons. The van der Waals surface area contributed by atoms with Gasteiger partial charge in [-0.05, 0) is 56.3 Å². The van der Waals surface area contributed by atoms with Crippen molar-refractivity contribution in [1.82, 2.24) is 4.57 Å². The highest BCUT2D eigenvalue weighted by Gasteiger charge is 2.11. The number of hydrogen-bond donors (Lipinski definition) is 1. The minimum Gasteiger partial charge on any atom is -0.372 e. The van der Waals surface area contributed by atoms with Crippen molar-refractivity contribution in [2.75, 3.05) is 23.3 Å². The first kappa shape index (κ1) is 21.3. The molecule has 0 aliphatic carbocycles. The summed E-state index contributed by atoms with van der Waals surface area (Å²) in [6, 6.07) is 13.0. The molecule has 0 saturated carbocycles. The minimum absolute atomic E-state index is 0.143. The lowest BCUT2D eigenvalue weighted by molar-refractivity contribution is -0.114. The lowest BCUT2D eigenvalue weighted by Gasteiger charge is -2.20. The summed E-state index contributed by atoms with van der Waals surface area (Å²) in [7, 11) is 0. The van der Waals surface area contributed by atoms with Gasteiger partial charge in [-0.3, -0.25) is 9.59 Å². The summed E-state index contributed by atoms with van der Waals surface area (Å²) in [5, 5.41) is 2.76. The van der Waals surface area contributed by atoms with Crippen LogP contribution in [-0.4, -0.2) is 29.5 Å². The molecule has 2 amide bonds. The maximum absolute atomic E-state index is 12.8. The van der Waals surface area contributed by atoms with Crippen molar-refractivity contribution in [2.24, 2.45) is 4.99 Å². The van der Waals surface area contributed by atoms with Gasteiger partial charge in [-0.2, -0.15) is 4.99 Å². The smallest absolute Gasteiger partial charge is 0.279 e. The van der Waals surface area contributed by atoms with E-state index in [1.54, 1.807) is 18.2 Å². The highest BCUT2D eigenvalue weighted by Crippen LogP contribution is 2.22. The van der Waals surface area contributed by atoms with Gasteiger partial charge in [0.15, 0.2) is 4.80 Å². The van der Waals surface area contributed by atoms with Crippen molar-refractivity contribution in [3.8, 4) is 12.3 Å². The number of anilines is 2. The van der Waals surface area contributed by atoms with Gasteiger partial charge in [0, 0.05) is 37.0 Å². The maximum Gasteiger partial charge on any atom is 0.279 e. The number of nitrogens with one attached hydrogen (secondary N) is 1. The predicted molar refractivity (Wildman–Crippen MR) is 123 cm³/mol. The van der Waals surface area contributed by atoms with Gasteiger partial charge in [0.05, 0.1) is 16.8 Å². The van der Waals surface area contributed by atoms with E-state index >= 15 is 0 Å². The van der Waals surface area contributed by atoms with Gasteiger partial charge in [0.2, 0.25) is 5.91 Å². The third-order valence-electron chi connectivity index (χ3n) is 4.69. The fraction of sp³-hybridized carbons (Fsp3) is 0.261. The van der Waals surface area contributed by atoms with E-state index in [1.807, 2.05) is 28.8 Å². The number of terminal acetylenes is 1. The standard InChI is InChI=1S/C23H24N4O2S/c1-5-14-27-20-13-10-18(24-16(4)28)15-21(20)30-23(27)25-22(29)17-8-11-19(12-9-17)26(6-2)7-3/h1,8-13,15H,6-7,14H2,2-4H3,(H,24,28). The monoisotopic (exact) mass is 420 g/mol. The van der Waals surface area contributed by atoms with Crippen LogP contribution in [0.4, 0.5) is 11.4 Å². The molecular weight excluding hydrogens is 396 g/mol. The summed E-state index contributed by atoms with van der Waals surface area (Å²) in [5.41, 5.74) is 3.16. The van der Waals surface area contributed by atoms with Crippen LogP contribution in [0.15, 0.2) is 47.5 Å². The highest BCUT2D eigenvalue weighted by atomic mass is 32.1. The second kappa shape index (κ2) is 9.42. The van der Waals surface area contributed by atoms with Crippen LogP contribution in [0, 0.1) is 12.3 Å². The SMILES string of the molecule is C#CCn1c(=NC(=O)c2ccc(N(CC)CC)cc2)sc2cc(NC(C)=O)ccc21. The molecular formula is C23H24N4O2S. The fourth-order valence-electron chi connectivity index (χ4n) is 3.24. The number of carbonyl (C=O) groups excluding carboxylic acids is 2. The molecule has 30 heavy (non-hydrogen) atoms. The van der Waals surface area contributed by atoms with E-state index < -0.39 is 0 Å². The van der Waals surface area contributed by atoms with Gasteiger partial charge < -0.3 is 14.8 Å². The van der Waals surface area contributed by atoms with Gasteiger partial charge in [-0.25, -0.2) is 0 Å². The fourth-order valence-corrected chi connectivity index (χ4v) is 4.31. The average molecular weight is 421 g/mol. The van der Waals surface area contributed by atoms with Crippen LogP contribution in [0.25, 0.3) is 10.2 Å². The van der Waals surface area contributed by atoms with E-state index in [9.17, 15) is 9.59 Å². The first-order valence-electron chi connectivity index (χ1n) is 9.75. The molecule has 0 saturated heterocycles. The number of rotatable bonds is 6. The molecule has 0 bridgehead atoms. The second-order valence-electron chi connectivity index (χ2n) is 6.67. The first-order valence-corrected chi connectivity index (χ1v) is 10.6. The molecule has 1 N–H and O–H groups in total. The van der Waals surface area contributed by atoms with Crippen molar-refractivity contribution in [1.29, 1.82) is 0 Å². The van der Waals surface area contributed by atoms with Crippen LogP contribution in [0.1, 0.15) is 31.1 Å². The molecule has 0 radical (unpaired) electrons. The molecule has 1 aromatic heterocycles. The van der Waals surface area contributed by atoms with Crippen molar-refractivity contribution in [3.05, 3.63) is 52.8 Å². The molecule has 6 nitrogen and oxygen atoms in total. The van der Waals surface area contributed by atoms with Crippen LogP contribution >= 0.6 is 11.3 Å². The van der Waals surface area contributed by atoms with E-state index in [0.717, 1.165) is 29.0 Å². The average Bonchev–Trinajstić information content (AvgIpc) is 3.05. The maximum atomic E-state index is 12.8. The van der Waals surface area contributed by atoms with Gasteiger partial charge in [0.25, 0.3) is 5.91 Å². The Balaban J connectivity index is 1.99. The molecule has 0 spiro atoms. The van der Waals surface area contributed by atoms with Gasteiger partial charge in [-0.15, -0.1) is 6.42 Å². The third-order valence-corrected chi connectivity index (χ3v) is 5.73. The van der Waals surface area contributed by atoms with Gasteiger partial charge >= 0.3 is 0 Å². The number of carbonyl (C=O) groups is 2. The Kier molecular flexibility index (Phi) is 6.70. The van der Waals surface area contributed by atoms with Crippen molar-refractivity contribution in [3.63, 3.8) is 0 Å². The Hall–Kier alpha value is -3.37. The molecule has 3 aromatic rings. The second-order valence-corrected chi connectivity index (χ2v) is 7.68. The Morgan fingerprint density at radius 1 is 1.17 bits per heavy atom. The van der Waals surface area contributed by atoms with E-state index in [0.29, 0.717) is 22.6 Å². The summed E-state index contributed by atoms with van der Waals surface area (Å²) < 4.78 is 2.72.